The third-order valence-corrected chi connectivity index (χ3v) is 3.99. The molecule has 1 aromatic heterocycles. The number of rotatable bonds is 3. The maximum Gasteiger partial charge on any atom is 0.347 e. The Morgan fingerprint density at radius 2 is 2.10 bits per heavy atom. The number of hydrogen-bond acceptors (Lipinski definition) is 4. The van der Waals surface area contributed by atoms with Gasteiger partial charge in [0, 0.05) is 23.9 Å². The number of aryl methyl sites for hydroxylation is 1. The van der Waals surface area contributed by atoms with E-state index < -0.39 is 18.0 Å². The van der Waals surface area contributed by atoms with Crippen LogP contribution in [-0.2, 0) is 14.3 Å². The molecule has 1 aromatic rings. The van der Waals surface area contributed by atoms with Crippen molar-refractivity contribution in [2.24, 2.45) is 0 Å². The quantitative estimate of drug-likeness (QED) is 0.795. The van der Waals surface area contributed by atoms with Crippen LogP contribution in [0.15, 0.2) is 6.07 Å². The minimum absolute atomic E-state index is 0.181. The van der Waals surface area contributed by atoms with Crippen molar-refractivity contribution in [3.05, 3.63) is 23.0 Å². The highest BCUT2D eigenvalue weighted by molar-refractivity contribution is 5.93. The highest BCUT2D eigenvalue weighted by Crippen LogP contribution is 2.38. The Labute approximate surface area is 117 Å². The van der Waals surface area contributed by atoms with E-state index in [1.807, 2.05) is 19.9 Å². The fourth-order valence-electron chi connectivity index (χ4n) is 2.89. The summed E-state index contributed by atoms with van der Waals surface area (Å²) in [4.78, 5) is 23.8. The summed E-state index contributed by atoms with van der Waals surface area (Å²) in [6.07, 6.45) is 1.82. The zero-order chi connectivity index (χ0) is 14.4. The van der Waals surface area contributed by atoms with Gasteiger partial charge in [-0.2, -0.15) is 0 Å². The van der Waals surface area contributed by atoms with Crippen molar-refractivity contribution in [2.75, 3.05) is 0 Å². The first-order valence-electron chi connectivity index (χ1n) is 7.07. The molecule has 1 aliphatic heterocycles. The van der Waals surface area contributed by atoms with Crippen LogP contribution in [-0.4, -0.2) is 28.7 Å². The third kappa shape index (κ3) is 2.21. The zero-order valence-electron chi connectivity index (χ0n) is 12.0. The van der Waals surface area contributed by atoms with Gasteiger partial charge in [0.2, 0.25) is 6.10 Å². The van der Waals surface area contributed by atoms with Crippen LogP contribution in [0.3, 0.4) is 0 Å². The molecule has 0 spiro atoms. The Morgan fingerprint density at radius 3 is 2.65 bits per heavy atom. The van der Waals surface area contributed by atoms with E-state index in [1.165, 1.54) is 0 Å². The predicted molar refractivity (Wildman–Crippen MR) is 71.6 cm³/mol. The van der Waals surface area contributed by atoms with E-state index in [2.05, 4.69) is 4.57 Å². The Balaban J connectivity index is 1.77. The van der Waals surface area contributed by atoms with E-state index in [0.29, 0.717) is 18.0 Å². The number of aromatic nitrogens is 1. The minimum atomic E-state index is -0.763. The lowest BCUT2D eigenvalue weighted by Crippen LogP contribution is -2.23. The fraction of sp³-hybridized carbons (Fsp3) is 0.600. The van der Waals surface area contributed by atoms with Gasteiger partial charge in [-0.3, -0.25) is 0 Å². The normalized spacial score (nSPS) is 25.6. The Hall–Kier alpha value is -1.78. The van der Waals surface area contributed by atoms with Crippen molar-refractivity contribution in [3.63, 3.8) is 0 Å². The largest absolute Gasteiger partial charge is 0.460 e. The van der Waals surface area contributed by atoms with Crippen LogP contribution >= 0.6 is 0 Å². The van der Waals surface area contributed by atoms with Gasteiger partial charge in [-0.15, -0.1) is 0 Å². The van der Waals surface area contributed by atoms with Gasteiger partial charge < -0.3 is 14.0 Å². The molecule has 0 N–H and O–H groups in total. The highest BCUT2D eigenvalue weighted by atomic mass is 16.6. The molecule has 0 aromatic carbocycles. The number of carbonyl (C=O) groups is 2. The van der Waals surface area contributed by atoms with Crippen LogP contribution in [0.2, 0.25) is 0 Å². The Kier molecular flexibility index (Phi) is 3.07. The highest BCUT2D eigenvalue weighted by Gasteiger charge is 2.36. The molecular formula is C15H19NO4. The number of cyclic esters (lactones) is 1. The first kappa shape index (κ1) is 13.2. The predicted octanol–water partition coefficient (Wildman–Crippen LogP) is 2.30. The van der Waals surface area contributed by atoms with E-state index in [-0.39, 0.29) is 6.10 Å². The molecule has 0 bridgehead atoms. The van der Waals surface area contributed by atoms with Gasteiger partial charge in [-0.05, 0) is 39.7 Å². The molecular weight excluding hydrogens is 258 g/mol. The maximum atomic E-state index is 12.2. The molecule has 5 nitrogen and oxygen atoms in total. The number of esters is 2. The van der Waals surface area contributed by atoms with Gasteiger partial charge in [0.25, 0.3) is 0 Å². The minimum Gasteiger partial charge on any atom is -0.460 e. The van der Waals surface area contributed by atoms with Gasteiger partial charge in [0.1, 0.15) is 6.10 Å². The smallest absolute Gasteiger partial charge is 0.347 e. The molecule has 1 aliphatic carbocycles. The lowest BCUT2D eigenvalue weighted by Gasteiger charge is -2.09. The summed E-state index contributed by atoms with van der Waals surface area (Å²) in [7, 11) is 0. The molecule has 0 amide bonds. The van der Waals surface area contributed by atoms with Crippen molar-refractivity contribution >= 4 is 11.9 Å². The second kappa shape index (κ2) is 4.65. The van der Waals surface area contributed by atoms with Gasteiger partial charge in [-0.25, -0.2) is 9.59 Å². The molecule has 2 fully saturated rings. The zero-order valence-corrected chi connectivity index (χ0v) is 12.0. The van der Waals surface area contributed by atoms with Gasteiger partial charge in [-0.1, -0.05) is 0 Å². The van der Waals surface area contributed by atoms with Crippen LogP contribution < -0.4 is 0 Å². The third-order valence-electron chi connectivity index (χ3n) is 3.99. The summed E-state index contributed by atoms with van der Waals surface area (Å²) in [6, 6.07) is 2.37. The molecule has 3 rings (SSSR count). The second-order valence-corrected chi connectivity index (χ2v) is 5.76. The van der Waals surface area contributed by atoms with Gasteiger partial charge in [0.15, 0.2) is 0 Å². The summed E-state index contributed by atoms with van der Waals surface area (Å²) in [5.74, 6) is -0.872. The van der Waals surface area contributed by atoms with Crippen LogP contribution in [0.4, 0.5) is 0 Å². The van der Waals surface area contributed by atoms with Crippen LogP contribution in [0.25, 0.3) is 0 Å². The van der Waals surface area contributed by atoms with Crippen molar-refractivity contribution in [1.82, 2.24) is 4.57 Å². The van der Waals surface area contributed by atoms with Crippen molar-refractivity contribution in [1.29, 1.82) is 0 Å². The molecule has 2 heterocycles. The summed E-state index contributed by atoms with van der Waals surface area (Å²) < 4.78 is 12.5. The molecule has 0 unspecified atom stereocenters. The van der Waals surface area contributed by atoms with Crippen LogP contribution in [0, 0.1) is 13.8 Å². The van der Waals surface area contributed by atoms with E-state index in [0.717, 1.165) is 24.2 Å². The Morgan fingerprint density at radius 1 is 1.40 bits per heavy atom. The second-order valence-electron chi connectivity index (χ2n) is 5.76. The van der Waals surface area contributed by atoms with E-state index in [9.17, 15) is 9.59 Å². The van der Waals surface area contributed by atoms with Crippen LogP contribution in [0.1, 0.15) is 54.0 Å². The summed E-state index contributed by atoms with van der Waals surface area (Å²) in [5, 5.41) is 0. The monoisotopic (exact) mass is 277 g/mol. The standard InChI is InChI=1S/C15H19NO4/c1-8-6-12(10(3)16(8)11-4-5-11)14(17)20-13-7-9(2)19-15(13)18/h6,9,11,13H,4-5,7H2,1-3H3/t9-,13+/m0/s1. The molecule has 20 heavy (non-hydrogen) atoms. The SMILES string of the molecule is Cc1cc(C(=O)O[C@@H]2C[C@H](C)OC2=O)c(C)n1C1CC1. The number of carbonyl (C=O) groups excluding carboxylic acids is 2. The number of nitrogens with zero attached hydrogens (tertiary/aromatic N) is 1. The van der Waals surface area contributed by atoms with Crippen LogP contribution in [0.5, 0.6) is 0 Å². The average molecular weight is 277 g/mol. The number of hydrogen-bond donors (Lipinski definition) is 0. The molecule has 0 radical (unpaired) electrons. The molecule has 2 aliphatic rings. The van der Waals surface area contributed by atoms with Crippen molar-refractivity contribution in [3.8, 4) is 0 Å². The van der Waals surface area contributed by atoms with E-state index in [4.69, 9.17) is 9.47 Å². The molecule has 108 valence electrons. The first-order chi connectivity index (χ1) is 9.47. The molecule has 2 atom stereocenters. The lowest BCUT2D eigenvalue weighted by molar-refractivity contribution is -0.147. The molecule has 1 saturated heterocycles. The van der Waals surface area contributed by atoms with E-state index >= 15 is 0 Å². The van der Waals surface area contributed by atoms with Crippen molar-refractivity contribution < 1.29 is 19.1 Å². The first-order valence-corrected chi connectivity index (χ1v) is 7.07. The number of ether oxygens (including phenoxy) is 2. The fourth-order valence-corrected chi connectivity index (χ4v) is 2.89. The van der Waals surface area contributed by atoms with E-state index in [1.54, 1.807) is 6.92 Å². The molecule has 5 heteroatoms. The van der Waals surface area contributed by atoms with Crippen molar-refractivity contribution in [2.45, 2.75) is 58.3 Å². The average Bonchev–Trinajstić information content (AvgIpc) is 3.08. The summed E-state index contributed by atoms with van der Waals surface area (Å²) >= 11 is 0. The Bertz CT molecular complexity index is 571. The summed E-state index contributed by atoms with van der Waals surface area (Å²) in [5.41, 5.74) is 2.55. The molecule has 1 saturated carbocycles. The summed E-state index contributed by atoms with van der Waals surface area (Å²) in [6.45, 7) is 5.72. The van der Waals surface area contributed by atoms with Gasteiger partial charge in [0.05, 0.1) is 5.56 Å². The maximum absolute atomic E-state index is 12.2. The topological polar surface area (TPSA) is 57.5 Å². The van der Waals surface area contributed by atoms with Gasteiger partial charge >= 0.3 is 11.9 Å². The lowest BCUT2D eigenvalue weighted by atomic mass is 10.2.